The van der Waals surface area contributed by atoms with E-state index in [2.05, 4.69) is 49.1 Å². The van der Waals surface area contributed by atoms with Crippen LogP contribution in [0.25, 0.3) is 0 Å². The second-order valence-corrected chi connectivity index (χ2v) is 7.96. The average molecular weight is 271 g/mol. The van der Waals surface area contributed by atoms with E-state index in [1.165, 1.54) is 57.2 Å². The quantitative estimate of drug-likeness (QED) is 0.742. The van der Waals surface area contributed by atoms with Crippen LogP contribution in [-0.4, -0.2) is 18.0 Å². The van der Waals surface area contributed by atoms with Gasteiger partial charge in [-0.1, -0.05) is 44.2 Å². The van der Waals surface area contributed by atoms with Crippen molar-refractivity contribution in [1.82, 2.24) is 4.90 Å². The molecule has 1 nitrogen and oxygen atoms in total. The molecule has 110 valence electrons. The van der Waals surface area contributed by atoms with Crippen LogP contribution in [-0.2, 0) is 6.54 Å². The summed E-state index contributed by atoms with van der Waals surface area (Å²) in [7, 11) is 0. The normalized spacial score (nSPS) is 25.7. The number of piperidine rings is 1. The molecular formula is C19H29N. The summed E-state index contributed by atoms with van der Waals surface area (Å²) in [6.07, 6.45) is 8.61. The Bertz CT molecular complexity index is 424. The van der Waals surface area contributed by atoms with Gasteiger partial charge in [-0.25, -0.2) is 0 Å². The molecule has 0 N–H and O–H groups in total. The third kappa shape index (κ3) is 3.25. The molecule has 1 aliphatic heterocycles. The highest BCUT2D eigenvalue weighted by atomic mass is 15.1. The molecule has 0 unspecified atom stereocenters. The van der Waals surface area contributed by atoms with Gasteiger partial charge in [-0.3, -0.25) is 4.90 Å². The molecule has 1 aromatic rings. The van der Waals surface area contributed by atoms with Crippen LogP contribution in [0.15, 0.2) is 30.3 Å². The molecule has 1 heteroatoms. The predicted octanol–water partition coefficient (Wildman–Crippen LogP) is 4.87. The largest absolute Gasteiger partial charge is 0.299 e. The van der Waals surface area contributed by atoms with Crippen molar-refractivity contribution < 1.29 is 0 Å². The van der Waals surface area contributed by atoms with Crippen molar-refractivity contribution in [3.05, 3.63) is 35.9 Å². The molecule has 20 heavy (non-hydrogen) atoms. The number of likely N-dealkylation sites (tertiary alicyclic amines) is 1. The molecule has 1 spiro atoms. The van der Waals surface area contributed by atoms with E-state index in [9.17, 15) is 0 Å². The van der Waals surface area contributed by atoms with Gasteiger partial charge in [-0.2, -0.15) is 0 Å². The fourth-order valence-corrected chi connectivity index (χ4v) is 4.15. The fourth-order valence-electron chi connectivity index (χ4n) is 4.15. The van der Waals surface area contributed by atoms with E-state index >= 15 is 0 Å². The van der Waals surface area contributed by atoms with Gasteiger partial charge in [0.05, 0.1) is 0 Å². The Morgan fingerprint density at radius 3 is 2.35 bits per heavy atom. The number of hydrogen-bond acceptors (Lipinski definition) is 1. The molecule has 2 fully saturated rings. The zero-order chi connectivity index (χ0) is 14.1. The molecule has 2 aliphatic rings. The molecule has 1 aliphatic carbocycles. The molecule has 1 saturated heterocycles. The van der Waals surface area contributed by atoms with E-state index in [0.29, 0.717) is 10.8 Å². The molecule has 0 aromatic heterocycles. The Morgan fingerprint density at radius 2 is 1.65 bits per heavy atom. The van der Waals surface area contributed by atoms with Gasteiger partial charge in [0.1, 0.15) is 0 Å². The minimum absolute atomic E-state index is 0.590. The Labute approximate surface area is 124 Å². The lowest BCUT2D eigenvalue weighted by Crippen LogP contribution is -2.45. The van der Waals surface area contributed by atoms with Crippen LogP contribution in [0.2, 0.25) is 0 Å². The van der Waals surface area contributed by atoms with Gasteiger partial charge in [0.25, 0.3) is 0 Å². The molecule has 0 bridgehead atoms. The summed E-state index contributed by atoms with van der Waals surface area (Å²) in [5.74, 6) is 0. The maximum Gasteiger partial charge on any atom is 0.0233 e. The van der Waals surface area contributed by atoms with Crippen molar-refractivity contribution in [2.45, 2.75) is 58.9 Å². The van der Waals surface area contributed by atoms with E-state index < -0.39 is 0 Å². The standard InChI is InChI=1S/C19H29N/c1-18(2)10-12-19(13-11-18)9-6-14-20(16-19)15-17-7-4-3-5-8-17/h3-5,7-8H,6,9-16H2,1-2H3. The Hall–Kier alpha value is -0.820. The van der Waals surface area contributed by atoms with Crippen molar-refractivity contribution in [2.75, 3.05) is 13.1 Å². The van der Waals surface area contributed by atoms with Crippen molar-refractivity contribution in [1.29, 1.82) is 0 Å². The second-order valence-electron chi connectivity index (χ2n) is 7.96. The van der Waals surface area contributed by atoms with Crippen molar-refractivity contribution in [2.24, 2.45) is 10.8 Å². The van der Waals surface area contributed by atoms with Gasteiger partial charge in [-0.15, -0.1) is 0 Å². The third-order valence-corrected chi connectivity index (χ3v) is 5.65. The summed E-state index contributed by atoms with van der Waals surface area (Å²) in [5.41, 5.74) is 2.70. The first-order valence-electron chi connectivity index (χ1n) is 8.33. The Kier molecular flexibility index (Phi) is 3.90. The zero-order valence-electron chi connectivity index (χ0n) is 13.2. The van der Waals surface area contributed by atoms with Crippen LogP contribution < -0.4 is 0 Å². The first-order chi connectivity index (χ1) is 9.57. The lowest BCUT2D eigenvalue weighted by atomic mass is 9.62. The maximum absolute atomic E-state index is 2.71. The predicted molar refractivity (Wildman–Crippen MR) is 85.6 cm³/mol. The second kappa shape index (κ2) is 5.52. The summed E-state index contributed by atoms with van der Waals surface area (Å²) in [5, 5.41) is 0. The van der Waals surface area contributed by atoms with Crippen LogP contribution in [0.3, 0.4) is 0 Å². The molecule has 3 rings (SSSR count). The Morgan fingerprint density at radius 1 is 0.950 bits per heavy atom. The monoisotopic (exact) mass is 271 g/mol. The summed E-state index contributed by atoms with van der Waals surface area (Å²) >= 11 is 0. The van der Waals surface area contributed by atoms with Gasteiger partial charge in [0, 0.05) is 13.1 Å². The number of benzene rings is 1. The third-order valence-electron chi connectivity index (χ3n) is 5.65. The molecule has 1 heterocycles. The smallest absolute Gasteiger partial charge is 0.0233 e. The minimum Gasteiger partial charge on any atom is -0.299 e. The van der Waals surface area contributed by atoms with Crippen molar-refractivity contribution in [3.63, 3.8) is 0 Å². The van der Waals surface area contributed by atoms with E-state index in [4.69, 9.17) is 0 Å². The molecule has 1 saturated carbocycles. The van der Waals surface area contributed by atoms with Crippen molar-refractivity contribution in [3.8, 4) is 0 Å². The highest BCUT2D eigenvalue weighted by Crippen LogP contribution is 2.49. The van der Waals surface area contributed by atoms with E-state index in [-0.39, 0.29) is 0 Å². The highest BCUT2D eigenvalue weighted by Gasteiger charge is 2.40. The van der Waals surface area contributed by atoms with Crippen LogP contribution in [0, 0.1) is 10.8 Å². The van der Waals surface area contributed by atoms with Crippen LogP contribution in [0.5, 0.6) is 0 Å². The highest BCUT2D eigenvalue weighted by molar-refractivity contribution is 5.14. The van der Waals surface area contributed by atoms with Crippen LogP contribution >= 0.6 is 0 Å². The van der Waals surface area contributed by atoms with Gasteiger partial charge in [-0.05, 0) is 61.5 Å². The number of nitrogens with zero attached hydrogens (tertiary/aromatic N) is 1. The first-order valence-corrected chi connectivity index (χ1v) is 8.33. The van der Waals surface area contributed by atoms with Gasteiger partial charge < -0.3 is 0 Å². The molecule has 0 amide bonds. The Balaban J connectivity index is 1.62. The van der Waals surface area contributed by atoms with Crippen LogP contribution in [0.1, 0.15) is 57.9 Å². The molecule has 0 atom stereocenters. The van der Waals surface area contributed by atoms with E-state index in [1.807, 2.05) is 0 Å². The lowest BCUT2D eigenvalue weighted by Gasteiger charge is -2.49. The topological polar surface area (TPSA) is 3.24 Å². The fraction of sp³-hybridized carbons (Fsp3) is 0.684. The van der Waals surface area contributed by atoms with E-state index in [0.717, 1.165) is 6.54 Å². The molecular weight excluding hydrogens is 242 g/mol. The average Bonchev–Trinajstić information content (AvgIpc) is 2.44. The zero-order valence-corrected chi connectivity index (χ0v) is 13.2. The maximum atomic E-state index is 2.71. The summed E-state index contributed by atoms with van der Waals surface area (Å²) < 4.78 is 0. The van der Waals surface area contributed by atoms with Gasteiger partial charge in [0.15, 0.2) is 0 Å². The van der Waals surface area contributed by atoms with E-state index in [1.54, 1.807) is 0 Å². The minimum atomic E-state index is 0.590. The number of hydrogen-bond donors (Lipinski definition) is 0. The summed E-state index contributed by atoms with van der Waals surface area (Å²) in [6, 6.07) is 11.0. The molecule has 1 aromatic carbocycles. The van der Waals surface area contributed by atoms with Crippen LogP contribution in [0.4, 0.5) is 0 Å². The first kappa shape index (κ1) is 14.1. The number of rotatable bonds is 2. The summed E-state index contributed by atoms with van der Waals surface area (Å²) in [6.45, 7) is 8.67. The van der Waals surface area contributed by atoms with Crippen molar-refractivity contribution >= 4 is 0 Å². The molecule has 0 radical (unpaired) electrons. The SMILES string of the molecule is CC1(C)CCC2(CCCN(Cc3ccccc3)C2)CC1. The summed E-state index contributed by atoms with van der Waals surface area (Å²) in [4.78, 5) is 2.71. The van der Waals surface area contributed by atoms with Gasteiger partial charge in [0.2, 0.25) is 0 Å². The van der Waals surface area contributed by atoms with Gasteiger partial charge >= 0.3 is 0 Å². The lowest BCUT2D eigenvalue weighted by molar-refractivity contribution is 0.0170.